The summed E-state index contributed by atoms with van der Waals surface area (Å²) >= 11 is 0. The van der Waals surface area contributed by atoms with E-state index in [1.54, 1.807) is 7.11 Å². The number of rotatable bonds is 2. The highest BCUT2D eigenvalue weighted by atomic mass is 16.6. The fourth-order valence-corrected chi connectivity index (χ4v) is 2.67. The largest absolute Gasteiger partial charge is 0.398 e. The van der Waals surface area contributed by atoms with Gasteiger partial charge in [-0.2, -0.15) is 0 Å². The molecule has 2 heterocycles. The van der Waals surface area contributed by atoms with Crippen LogP contribution in [0.15, 0.2) is 5.16 Å². The van der Waals surface area contributed by atoms with E-state index in [1.165, 1.54) is 13.0 Å². The third kappa shape index (κ3) is 1.40. The van der Waals surface area contributed by atoms with Gasteiger partial charge in [0.15, 0.2) is 0 Å². The van der Waals surface area contributed by atoms with Gasteiger partial charge >= 0.3 is 0 Å². The molecule has 2 aliphatic heterocycles. The van der Waals surface area contributed by atoms with Gasteiger partial charge < -0.3 is 9.74 Å². The second kappa shape index (κ2) is 3.62. The number of oxime groups is 1. The van der Waals surface area contributed by atoms with Crippen molar-refractivity contribution >= 4 is 5.71 Å². The zero-order valence-corrected chi connectivity index (χ0v) is 8.62. The molecular weight excluding hydrogens is 176 g/mol. The third-order valence-corrected chi connectivity index (χ3v) is 3.38. The molecule has 2 aliphatic rings. The van der Waals surface area contributed by atoms with Crippen LogP contribution in [-0.4, -0.2) is 37.4 Å². The van der Waals surface area contributed by atoms with Gasteiger partial charge in [-0.05, 0) is 32.4 Å². The van der Waals surface area contributed by atoms with Crippen LogP contribution in [0.2, 0.25) is 0 Å². The fourth-order valence-electron chi connectivity index (χ4n) is 2.67. The number of terminal acetylenes is 1. The zero-order valence-electron chi connectivity index (χ0n) is 8.62. The molecule has 0 radical (unpaired) electrons. The first-order chi connectivity index (χ1) is 6.80. The molecule has 0 amide bonds. The number of fused-ring (bicyclic) bond motifs is 2. The maximum Gasteiger partial charge on any atom is 0.136 e. The highest BCUT2D eigenvalue weighted by Gasteiger charge is 2.44. The third-order valence-electron chi connectivity index (χ3n) is 3.38. The Morgan fingerprint density at radius 3 is 3.07 bits per heavy atom. The molecule has 2 unspecified atom stereocenters. The van der Waals surface area contributed by atoms with E-state index in [0.29, 0.717) is 0 Å². The monoisotopic (exact) mass is 192 g/mol. The van der Waals surface area contributed by atoms with Gasteiger partial charge in [-0.25, -0.2) is 0 Å². The van der Waals surface area contributed by atoms with E-state index < -0.39 is 0 Å². The Morgan fingerprint density at radius 2 is 2.36 bits per heavy atom. The average Bonchev–Trinajstić information content (AvgIpc) is 2.51. The molecule has 0 spiro atoms. The fraction of sp³-hybridized carbons (Fsp3) is 0.727. The van der Waals surface area contributed by atoms with Crippen LogP contribution in [0.3, 0.4) is 0 Å². The average molecular weight is 192 g/mol. The molecule has 14 heavy (non-hydrogen) atoms. The van der Waals surface area contributed by atoms with Crippen molar-refractivity contribution in [2.24, 2.45) is 10.6 Å². The van der Waals surface area contributed by atoms with Crippen LogP contribution in [0.4, 0.5) is 0 Å². The first-order valence-electron chi connectivity index (χ1n) is 5.11. The smallest absolute Gasteiger partial charge is 0.136 e. The van der Waals surface area contributed by atoms with Gasteiger partial charge in [0.05, 0.1) is 0 Å². The van der Waals surface area contributed by atoms with E-state index >= 15 is 0 Å². The van der Waals surface area contributed by atoms with Crippen LogP contribution >= 0.6 is 0 Å². The summed E-state index contributed by atoms with van der Waals surface area (Å²) in [6.45, 7) is 3.44. The number of hydrogen-bond acceptors (Lipinski definition) is 3. The van der Waals surface area contributed by atoms with Gasteiger partial charge in [0.25, 0.3) is 0 Å². The molecule has 0 saturated carbocycles. The van der Waals surface area contributed by atoms with Crippen molar-refractivity contribution in [2.45, 2.75) is 19.3 Å². The standard InChI is InChI=1S/C11H16N2O/c1-3-10(12-14-2)11-5-4-7-13(9-11)8-6-11/h1H,4-9H2,2H3/b12-10-. The predicted molar refractivity (Wildman–Crippen MR) is 56.0 cm³/mol. The predicted octanol–water partition coefficient (Wildman–Crippen LogP) is 1.11. The van der Waals surface area contributed by atoms with E-state index in [9.17, 15) is 0 Å². The van der Waals surface area contributed by atoms with Crippen molar-refractivity contribution in [1.82, 2.24) is 4.90 Å². The van der Waals surface area contributed by atoms with Crippen molar-refractivity contribution in [1.29, 1.82) is 0 Å². The summed E-state index contributed by atoms with van der Waals surface area (Å²) in [7, 11) is 1.56. The molecule has 0 aromatic rings. The van der Waals surface area contributed by atoms with Crippen molar-refractivity contribution in [3.8, 4) is 12.3 Å². The van der Waals surface area contributed by atoms with Crippen LogP contribution in [0, 0.1) is 17.8 Å². The van der Waals surface area contributed by atoms with Gasteiger partial charge in [-0.3, -0.25) is 0 Å². The molecule has 2 fully saturated rings. The second-order valence-corrected chi connectivity index (χ2v) is 4.18. The summed E-state index contributed by atoms with van der Waals surface area (Å²) in [4.78, 5) is 7.28. The minimum absolute atomic E-state index is 0.128. The lowest BCUT2D eigenvalue weighted by molar-refractivity contribution is 0.197. The highest BCUT2D eigenvalue weighted by Crippen LogP contribution is 2.40. The Labute approximate surface area is 85.1 Å². The van der Waals surface area contributed by atoms with Crippen LogP contribution < -0.4 is 0 Å². The van der Waals surface area contributed by atoms with E-state index in [4.69, 9.17) is 11.3 Å². The molecular formula is C11H16N2O. The summed E-state index contributed by atoms with van der Waals surface area (Å²) in [5.74, 6) is 2.69. The Balaban J connectivity index is 2.23. The first-order valence-corrected chi connectivity index (χ1v) is 5.11. The minimum Gasteiger partial charge on any atom is -0.398 e. The molecule has 3 heteroatoms. The lowest BCUT2D eigenvalue weighted by Crippen LogP contribution is -2.39. The zero-order chi connectivity index (χ0) is 10.0. The Kier molecular flexibility index (Phi) is 2.47. The lowest BCUT2D eigenvalue weighted by atomic mass is 9.77. The molecule has 0 N–H and O–H groups in total. The van der Waals surface area contributed by atoms with Crippen molar-refractivity contribution < 1.29 is 4.84 Å². The van der Waals surface area contributed by atoms with E-state index in [1.807, 2.05) is 0 Å². The molecule has 2 atom stereocenters. The Bertz CT molecular complexity index is 288. The van der Waals surface area contributed by atoms with Crippen LogP contribution in [0.25, 0.3) is 0 Å². The molecule has 0 aromatic heterocycles. The molecule has 2 rings (SSSR count). The van der Waals surface area contributed by atoms with Crippen LogP contribution in [0.1, 0.15) is 19.3 Å². The Hall–Kier alpha value is -1.01. The van der Waals surface area contributed by atoms with Gasteiger partial charge in [-0.15, -0.1) is 6.42 Å². The van der Waals surface area contributed by atoms with Crippen molar-refractivity contribution in [3.05, 3.63) is 0 Å². The van der Waals surface area contributed by atoms with E-state index in [0.717, 1.165) is 31.6 Å². The van der Waals surface area contributed by atoms with Gasteiger partial charge in [0.1, 0.15) is 12.8 Å². The Morgan fingerprint density at radius 1 is 1.50 bits per heavy atom. The van der Waals surface area contributed by atoms with Gasteiger partial charge in [-0.1, -0.05) is 11.1 Å². The summed E-state index contributed by atoms with van der Waals surface area (Å²) in [6, 6.07) is 0. The summed E-state index contributed by atoms with van der Waals surface area (Å²) < 4.78 is 0. The number of nitrogens with zero attached hydrogens (tertiary/aromatic N) is 2. The molecule has 76 valence electrons. The summed E-state index contributed by atoms with van der Waals surface area (Å²) in [6.07, 6.45) is 9.02. The van der Waals surface area contributed by atoms with E-state index in [2.05, 4.69) is 16.0 Å². The SMILES string of the molecule is C#C/C(=N/OC)C12CCCN(CC1)C2. The molecule has 2 saturated heterocycles. The van der Waals surface area contributed by atoms with E-state index in [-0.39, 0.29) is 5.41 Å². The number of piperidine rings is 1. The van der Waals surface area contributed by atoms with Crippen molar-refractivity contribution in [2.75, 3.05) is 26.7 Å². The summed E-state index contributed by atoms with van der Waals surface area (Å²) in [5, 5.41) is 3.99. The maximum atomic E-state index is 5.49. The maximum absolute atomic E-state index is 5.49. The molecule has 0 aliphatic carbocycles. The molecule has 3 nitrogen and oxygen atoms in total. The first kappa shape index (κ1) is 9.54. The van der Waals surface area contributed by atoms with Gasteiger partial charge in [0.2, 0.25) is 0 Å². The van der Waals surface area contributed by atoms with Crippen molar-refractivity contribution in [3.63, 3.8) is 0 Å². The highest BCUT2D eigenvalue weighted by molar-refractivity contribution is 6.04. The molecule has 0 aromatic carbocycles. The van der Waals surface area contributed by atoms with Gasteiger partial charge in [0, 0.05) is 12.0 Å². The normalized spacial score (nSPS) is 36.6. The van der Waals surface area contributed by atoms with Crippen LogP contribution in [-0.2, 0) is 4.84 Å². The topological polar surface area (TPSA) is 24.8 Å². The summed E-state index contributed by atoms with van der Waals surface area (Å²) in [5.41, 5.74) is 0.936. The number of hydrogen-bond donors (Lipinski definition) is 0. The minimum atomic E-state index is 0.128. The quantitative estimate of drug-likeness (QED) is 0.372. The van der Waals surface area contributed by atoms with Crippen LogP contribution in [0.5, 0.6) is 0 Å². The lowest BCUT2D eigenvalue weighted by Gasteiger charge is -2.32. The molecule has 2 bridgehead atoms. The second-order valence-electron chi connectivity index (χ2n) is 4.18.